The minimum atomic E-state index is -0.210. The summed E-state index contributed by atoms with van der Waals surface area (Å²) in [5.74, 6) is 0.638. The van der Waals surface area contributed by atoms with Crippen LogP contribution in [0.25, 0.3) is 4.85 Å². The van der Waals surface area contributed by atoms with Crippen molar-refractivity contribution in [3.63, 3.8) is 0 Å². The Labute approximate surface area is 169 Å². The van der Waals surface area contributed by atoms with E-state index < -0.39 is 0 Å². The molecule has 0 N–H and O–H groups in total. The third-order valence-corrected chi connectivity index (χ3v) is 5.42. The van der Waals surface area contributed by atoms with E-state index in [2.05, 4.69) is 25.8 Å². The number of nitrogens with zero attached hydrogens (tertiary/aromatic N) is 6. The van der Waals surface area contributed by atoms with Gasteiger partial charge in [-0.2, -0.15) is 5.26 Å². The van der Waals surface area contributed by atoms with Crippen LogP contribution in [-0.2, 0) is 9.63 Å². The molecule has 2 aromatic heterocycles. The summed E-state index contributed by atoms with van der Waals surface area (Å²) in [5, 5.41) is 10.6. The molecule has 146 valence electrons. The lowest BCUT2D eigenvalue weighted by Gasteiger charge is -2.34. The summed E-state index contributed by atoms with van der Waals surface area (Å²) in [4.78, 5) is 32.8. The maximum atomic E-state index is 13.1. The number of piperidine rings is 1. The van der Waals surface area contributed by atoms with Gasteiger partial charge in [-0.15, -0.1) is 0 Å². The van der Waals surface area contributed by atoms with Crippen LogP contribution in [0, 0.1) is 23.8 Å². The van der Waals surface area contributed by atoms with Crippen molar-refractivity contribution >= 4 is 17.4 Å². The Morgan fingerprint density at radius 1 is 1.28 bits per heavy atom. The molecule has 2 aliphatic rings. The summed E-state index contributed by atoms with van der Waals surface area (Å²) in [5.41, 5.74) is 1.87. The standard InChI is InChI=1S/C21H20N6O2/c1-23-18-2-6-25-20(11-18)26-7-3-16(4-8-26)21(28)27-19(5-9-29-27)17-10-15(12-22)13-24-14-17/h2,6,10-11,13-14,16,19H,3-5,7-9H2/t19-/m0/s1. The van der Waals surface area contributed by atoms with Crippen LogP contribution in [0.5, 0.6) is 0 Å². The maximum Gasteiger partial charge on any atom is 0.249 e. The zero-order valence-electron chi connectivity index (χ0n) is 15.9. The number of nitriles is 1. The van der Waals surface area contributed by atoms with Gasteiger partial charge < -0.3 is 4.90 Å². The summed E-state index contributed by atoms with van der Waals surface area (Å²) in [6.45, 7) is 9.02. The Bertz CT molecular complexity index is 987. The van der Waals surface area contributed by atoms with Gasteiger partial charge in [-0.05, 0) is 36.6 Å². The molecule has 8 heteroatoms. The molecule has 8 nitrogen and oxygen atoms in total. The van der Waals surface area contributed by atoms with Gasteiger partial charge in [0, 0.05) is 44.0 Å². The minimum Gasteiger partial charge on any atom is -0.358 e. The smallest absolute Gasteiger partial charge is 0.249 e. The molecule has 2 aromatic rings. The van der Waals surface area contributed by atoms with Crippen LogP contribution in [-0.4, -0.2) is 40.6 Å². The maximum absolute atomic E-state index is 13.1. The highest BCUT2D eigenvalue weighted by Gasteiger charge is 2.37. The number of pyridine rings is 2. The van der Waals surface area contributed by atoms with E-state index in [4.69, 9.17) is 16.7 Å². The summed E-state index contributed by atoms with van der Waals surface area (Å²) in [6.07, 6.45) is 6.94. The fourth-order valence-electron chi connectivity index (χ4n) is 3.88. The normalized spacial score (nSPS) is 19.6. The fraction of sp³-hybridized carbons (Fsp3) is 0.381. The van der Waals surface area contributed by atoms with E-state index in [1.165, 1.54) is 11.3 Å². The van der Waals surface area contributed by atoms with Gasteiger partial charge in [0.1, 0.15) is 11.9 Å². The Morgan fingerprint density at radius 3 is 2.86 bits per heavy atom. The molecular weight excluding hydrogens is 368 g/mol. The first-order valence-corrected chi connectivity index (χ1v) is 9.59. The topological polar surface area (TPSA) is 86.7 Å². The van der Waals surface area contributed by atoms with Crippen LogP contribution in [0.2, 0.25) is 0 Å². The molecule has 4 heterocycles. The van der Waals surface area contributed by atoms with Gasteiger partial charge in [0.2, 0.25) is 5.91 Å². The van der Waals surface area contributed by atoms with Crippen LogP contribution in [0.1, 0.15) is 36.4 Å². The highest BCUT2D eigenvalue weighted by Crippen LogP contribution is 2.34. The number of rotatable bonds is 3. The summed E-state index contributed by atoms with van der Waals surface area (Å²) in [6, 6.07) is 7.12. The van der Waals surface area contributed by atoms with Crippen molar-refractivity contribution in [2.75, 3.05) is 24.6 Å². The first kappa shape index (κ1) is 18.9. The van der Waals surface area contributed by atoms with Crippen molar-refractivity contribution in [3.05, 3.63) is 59.3 Å². The average molecular weight is 388 g/mol. The third-order valence-electron chi connectivity index (χ3n) is 5.42. The number of hydroxylamine groups is 2. The van der Waals surface area contributed by atoms with E-state index in [1.54, 1.807) is 30.6 Å². The largest absolute Gasteiger partial charge is 0.358 e. The van der Waals surface area contributed by atoms with Gasteiger partial charge in [-0.1, -0.05) is 0 Å². The summed E-state index contributed by atoms with van der Waals surface area (Å²) >= 11 is 0. The van der Waals surface area contributed by atoms with Crippen LogP contribution in [0.3, 0.4) is 0 Å². The molecule has 0 radical (unpaired) electrons. The highest BCUT2D eigenvalue weighted by molar-refractivity contribution is 5.79. The second kappa shape index (κ2) is 8.26. The average Bonchev–Trinajstić information content (AvgIpc) is 3.29. The van der Waals surface area contributed by atoms with E-state index in [0.29, 0.717) is 50.2 Å². The molecule has 1 amide bonds. The van der Waals surface area contributed by atoms with E-state index in [-0.39, 0.29) is 17.9 Å². The van der Waals surface area contributed by atoms with E-state index in [0.717, 1.165) is 11.4 Å². The predicted molar refractivity (Wildman–Crippen MR) is 105 cm³/mol. The van der Waals surface area contributed by atoms with Crippen LogP contribution in [0.4, 0.5) is 11.5 Å². The zero-order valence-corrected chi connectivity index (χ0v) is 15.9. The van der Waals surface area contributed by atoms with Gasteiger partial charge >= 0.3 is 0 Å². The number of amides is 1. The molecule has 0 aliphatic carbocycles. The molecule has 0 bridgehead atoms. The monoisotopic (exact) mass is 388 g/mol. The molecule has 0 saturated carbocycles. The molecule has 1 atom stereocenters. The SMILES string of the molecule is [C-]#[N+]c1ccnc(N2CCC(C(=O)N3OCC[C@H]3c3cncc(C#N)c3)CC2)c1. The van der Waals surface area contributed by atoms with Gasteiger partial charge in [0.05, 0.1) is 24.8 Å². The Balaban J connectivity index is 1.42. The molecule has 0 spiro atoms. The van der Waals surface area contributed by atoms with Crippen molar-refractivity contribution < 1.29 is 9.63 Å². The Morgan fingerprint density at radius 2 is 2.10 bits per heavy atom. The van der Waals surface area contributed by atoms with Gasteiger partial charge in [0.25, 0.3) is 0 Å². The molecule has 2 fully saturated rings. The van der Waals surface area contributed by atoms with Crippen molar-refractivity contribution in [2.45, 2.75) is 25.3 Å². The van der Waals surface area contributed by atoms with Gasteiger partial charge in [-0.3, -0.25) is 14.6 Å². The molecule has 4 rings (SSSR count). The summed E-state index contributed by atoms with van der Waals surface area (Å²) in [7, 11) is 0. The first-order valence-electron chi connectivity index (χ1n) is 9.59. The Kier molecular flexibility index (Phi) is 5.37. The van der Waals surface area contributed by atoms with Gasteiger partial charge in [0.15, 0.2) is 5.69 Å². The highest BCUT2D eigenvalue weighted by atomic mass is 16.7. The molecule has 0 unspecified atom stereocenters. The number of anilines is 1. The number of carbonyl (C=O) groups excluding carboxylic acids is 1. The fourth-order valence-corrected chi connectivity index (χ4v) is 3.88. The van der Waals surface area contributed by atoms with Crippen molar-refractivity contribution in [2.24, 2.45) is 5.92 Å². The lowest BCUT2D eigenvalue weighted by Crippen LogP contribution is -2.42. The van der Waals surface area contributed by atoms with Crippen molar-refractivity contribution in [1.29, 1.82) is 5.26 Å². The first-order chi connectivity index (χ1) is 14.2. The van der Waals surface area contributed by atoms with Crippen LogP contribution < -0.4 is 4.90 Å². The number of carbonyl (C=O) groups is 1. The number of hydrogen-bond acceptors (Lipinski definition) is 6. The molecular formula is C21H20N6O2. The molecule has 29 heavy (non-hydrogen) atoms. The summed E-state index contributed by atoms with van der Waals surface area (Å²) < 4.78 is 0. The second-order valence-electron chi connectivity index (χ2n) is 7.17. The lowest BCUT2D eigenvalue weighted by atomic mass is 9.94. The van der Waals surface area contributed by atoms with Crippen molar-refractivity contribution in [1.82, 2.24) is 15.0 Å². The van der Waals surface area contributed by atoms with E-state index in [1.807, 2.05) is 0 Å². The van der Waals surface area contributed by atoms with E-state index >= 15 is 0 Å². The van der Waals surface area contributed by atoms with Crippen molar-refractivity contribution in [3.8, 4) is 6.07 Å². The van der Waals surface area contributed by atoms with Crippen LogP contribution in [0.15, 0.2) is 36.8 Å². The zero-order chi connectivity index (χ0) is 20.2. The quantitative estimate of drug-likeness (QED) is 0.751. The second-order valence-corrected chi connectivity index (χ2v) is 7.17. The minimum absolute atomic E-state index is 0.0163. The number of hydrogen-bond donors (Lipinski definition) is 0. The molecule has 0 aromatic carbocycles. The molecule has 2 saturated heterocycles. The van der Waals surface area contributed by atoms with Gasteiger partial charge in [-0.25, -0.2) is 14.9 Å². The Hall–Kier alpha value is -3.49. The molecule has 2 aliphatic heterocycles. The lowest BCUT2D eigenvalue weighted by molar-refractivity contribution is -0.182. The van der Waals surface area contributed by atoms with Crippen LogP contribution >= 0.6 is 0 Å². The third kappa shape index (κ3) is 3.89. The number of aromatic nitrogens is 2. The van der Waals surface area contributed by atoms with E-state index in [9.17, 15) is 4.79 Å². The predicted octanol–water partition coefficient (Wildman–Crippen LogP) is 3.02.